The van der Waals surface area contributed by atoms with Crippen LogP contribution in [0.15, 0.2) is 43.0 Å². The minimum absolute atomic E-state index is 0.0589. The number of anilines is 1. The first-order valence-corrected chi connectivity index (χ1v) is 8.97. The summed E-state index contributed by atoms with van der Waals surface area (Å²) < 4.78 is 5.41. The van der Waals surface area contributed by atoms with E-state index in [1.165, 1.54) is 0 Å². The topological polar surface area (TPSA) is 49.9 Å². The van der Waals surface area contributed by atoms with Gasteiger partial charge in [-0.3, -0.25) is 14.6 Å². The molecule has 1 aromatic carbocycles. The van der Waals surface area contributed by atoms with E-state index in [1.807, 2.05) is 43.3 Å². The minimum atomic E-state index is -0.942. The van der Waals surface area contributed by atoms with Crippen LogP contribution in [0.25, 0.3) is 0 Å². The molecular formula is C20H28N2O3. The quantitative estimate of drug-likeness (QED) is 0.563. The maximum Gasteiger partial charge on any atom is 0.332 e. The zero-order chi connectivity index (χ0) is 18.3. The normalized spacial score (nSPS) is 16.9. The van der Waals surface area contributed by atoms with E-state index in [0.29, 0.717) is 25.9 Å². The first-order valence-electron chi connectivity index (χ1n) is 8.97. The van der Waals surface area contributed by atoms with Crippen LogP contribution in [-0.2, 0) is 14.3 Å². The molecule has 1 aliphatic heterocycles. The summed E-state index contributed by atoms with van der Waals surface area (Å²) in [5.41, 5.74) is -0.193. The summed E-state index contributed by atoms with van der Waals surface area (Å²) in [5, 5.41) is 0. The van der Waals surface area contributed by atoms with Crippen LogP contribution in [-0.4, -0.2) is 48.6 Å². The van der Waals surface area contributed by atoms with Crippen LogP contribution in [0.4, 0.5) is 5.69 Å². The van der Waals surface area contributed by atoms with Gasteiger partial charge >= 0.3 is 5.97 Å². The Morgan fingerprint density at radius 3 is 2.40 bits per heavy atom. The SMILES string of the molecule is C=CCN1CCC(C(=O)OCC)(N(C(=O)CC)c2ccccc2)CC1. The van der Waals surface area contributed by atoms with Crippen molar-refractivity contribution in [3.05, 3.63) is 43.0 Å². The van der Waals surface area contributed by atoms with Crippen LogP contribution in [0.1, 0.15) is 33.1 Å². The average Bonchev–Trinajstić information content (AvgIpc) is 2.64. The van der Waals surface area contributed by atoms with E-state index in [4.69, 9.17) is 4.74 Å². The Morgan fingerprint density at radius 1 is 1.24 bits per heavy atom. The third kappa shape index (κ3) is 4.10. The first kappa shape index (κ1) is 19.2. The number of likely N-dealkylation sites (tertiary alicyclic amines) is 1. The van der Waals surface area contributed by atoms with Crippen LogP contribution in [0.2, 0.25) is 0 Å². The molecule has 0 unspecified atom stereocenters. The van der Waals surface area contributed by atoms with Crippen molar-refractivity contribution in [2.24, 2.45) is 0 Å². The fraction of sp³-hybridized carbons (Fsp3) is 0.500. The van der Waals surface area contributed by atoms with Gasteiger partial charge in [0.25, 0.3) is 0 Å². The smallest absolute Gasteiger partial charge is 0.332 e. The Bertz CT molecular complexity index is 592. The Hall–Kier alpha value is -2.14. The maximum absolute atomic E-state index is 13.0. The number of hydrogen-bond donors (Lipinski definition) is 0. The van der Waals surface area contributed by atoms with Crippen LogP contribution in [0.3, 0.4) is 0 Å². The van der Waals surface area contributed by atoms with Gasteiger partial charge in [-0.25, -0.2) is 4.79 Å². The van der Waals surface area contributed by atoms with Gasteiger partial charge < -0.3 is 4.74 Å². The zero-order valence-electron chi connectivity index (χ0n) is 15.2. The summed E-state index contributed by atoms with van der Waals surface area (Å²) in [6.07, 6.45) is 3.32. The number of carbonyl (C=O) groups is 2. The molecule has 5 nitrogen and oxygen atoms in total. The van der Waals surface area contributed by atoms with Crippen LogP contribution < -0.4 is 4.90 Å². The van der Waals surface area contributed by atoms with Gasteiger partial charge in [-0.15, -0.1) is 6.58 Å². The standard InChI is InChI=1S/C20H28N2O3/c1-4-14-21-15-12-20(13-16-21,19(24)25-6-3)22(18(23)5-2)17-10-8-7-9-11-17/h4,7-11H,1,5-6,12-16H2,2-3H3. The summed E-state index contributed by atoms with van der Waals surface area (Å²) in [7, 11) is 0. The molecule has 0 N–H and O–H groups in total. The molecule has 1 amide bonds. The summed E-state index contributed by atoms with van der Waals surface area (Å²) in [5.74, 6) is -0.365. The third-order valence-electron chi connectivity index (χ3n) is 4.72. The number of amides is 1. The summed E-state index contributed by atoms with van der Waals surface area (Å²) >= 11 is 0. The fourth-order valence-electron chi connectivity index (χ4n) is 3.44. The molecule has 5 heteroatoms. The van der Waals surface area contributed by atoms with Gasteiger partial charge in [0.05, 0.1) is 6.61 Å². The zero-order valence-corrected chi connectivity index (χ0v) is 15.2. The highest BCUT2D eigenvalue weighted by Crippen LogP contribution is 2.35. The van der Waals surface area contributed by atoms with Crippen molar-refractivity contribution in [1.29, 1.82) is 0 Å². The molecule has 1 aromatic rings. The largest absolute Gasteiger partial charge is 0.464 e. The Balaban J connectivity index is 2.43. The van der Waals surface area contributed by atoms with Crippen LogP contribution in [0.5, 0.6) is 0 Å². The Morgan fingerprint density at radius 2 is 1.88 bits per heavy atom. The number of nitrogens with zero attached hydrogens (tertiary/aromatic N) is 2. The van der Waals surface area contributed by atoms with E-state index in [-0.39, 0.29) is 11.9 Å². The lowest BCUT2D eigenvalue weighted by Crippen LogP contribution is -2.62. The number of rotatable bonds is 7. The van der Waals surface area contributed by atoms with E-state index in [1.54, 1.807) is 11.8 Å². The monoisotopic (exact) mass is 344 g/mol. The second-order valence-corrected chi connectivity index (χ2v) is 6.26. The van der Waals surface area contributed by atoms with Gasteiger partial charge in [0.15, 0.2) is 0 Å². The lowest BCUT2D eigenvalue weighted by Gasteiger charge is -2.46. The second-order valence-electron chi connectivity index (χ2n) is 6.26. The van der Waals surface area contributed by atoms with Gasteiger partial charge in [0, 0.05) is 31.7 Å². The van der Waals surface area contributed by atoms with E-state index in [0.717, 1.165) is 25.3 Å². The fourth-order valence-corrected chi connectivity index (χ4v) is 3.44. The van der Waals surface area contributed by atoms with Crippen molar-refractivity contribution in [2.75, 3.05) is 31.1 Å². The lowest BCUT2D eigenvalue weighted by atomic mass is 9.84. The first-order chi connectivity index (χ1) is 12.1. The molecule has 1 saturated heterocycles. The van der Waals surface area contributed by atoms with Gasteiger partial charge in [0.2, 0.25) is 5.91 Å². The molecule has 25 heavy (non-hydrogen) atoms. The van der Waals surface area contributed by atoms with Crippen LogP contribution >= 0.6 is 0 Å². The van der Waals surface area contributed by atoms with Crippen molar-refractivity contribution in [1.82, 2.24) is 4.90 Å². The molecule has 1 aliphatic rings. The number of piperidine rings is 1. The molecular weight excluding hydrogens is 316 g/mol. The van der Waals surface area contributed by atoms with Crippen LogP contribution in [0, 0.1) is 0 Å². The minimum Gasteiger partial charge on any atom is -0.464 e. The molecule has 0 spiro atoms. The summed E-state index contributed by atoms with van der Waals surface area (Å²) in [6, 6.07) is 9.44. The van der Waals surface area contributed by atoms with Crippen molar-refractivity contribution in [3.63, 3.8) is 0 Å². The van der Waals surface area contributed by atoms with E-state index in [2.05, 4.69) is 11.5 Å². The van der Waals surface area contributed by atoms with E-state index < -0.39 is 5.54 Å². The highest BCUT2D eigenvalue weighted by Gasteiger charge is 2.49. The van der Waals surface area contributed by atoms with E-state index >= 15 is 0 Å². The highest BCUT2D eigenvalue weighted by atomic mass is 16.5. The molecule has 1 fully saturated rings. The lowest BCUT2D eigenvalue weighted by molar-refractivity contribution is -0.153. The molecule has 0 aliphatic carbocycles. The molecule has 0 bridgehead atoms. The van der Waals surface area contributed by atoms with Crippen molar-refractivity contribution < 1.29 is 14.3 Å². The molecule has 2 rings (SSSR count). The van der Waals surface area contributed by atoms with Crippen molar-refractivity contribution in [2.45, 2.75) is 38.6 Å². The third-order valence-corrected chi connectivity index (χ3v) is 4.72. The number of hydrogen-bond acceptors (Lipinski definition) is 4. The van der Waals surface area contributed by atoms with Crippen molar-refractivity contribution in [3.8, 4) is 0 Å². The number of carbonyl (C=O) groups excluding carboxylic acids is 2. The highest BCUT2D eigenvalue weighted by molar-refractivity contribution is 6.02. The van der Waals surface area contributed by atoms with Gasteiger partial charge in [-0.05, 0) is 31.9 Å². The Kier molecular flexibility index (Phi) is 6.76. The summed E-state index contributed by atoms with van der Waals surface area (Å²) in [4.78, 5) is 29.7. The van der Waals surface area contributed by atoms with Gasteiger partial charge in [-0.2, -0.15) is 0 Å². The number of esters is 1. The maximum atomic E-state index is 13.0. The molecule has 136 valence electrons. The molecule has 0 aromatic heterocycles. The predicted molar refractivity (Wildman–Crippen MR) is 99.5 cm³/mol. The molecule has 0 atom stereocenters. The number of benzene rings is 1. The molecule has 0 saturated carbocycles. The predicted octanol–water partition coefficient (Wildman–Crippen LogP) is 3.01. The van der Waals surface area contributed by atoms with E-state index in [9.17, 15) is 9.59 Å². The Labute approximate surface area is 150 Å². The molecule has 0 radical (unpaired) electrons. The summed E-state index contributed by atoms with van der Waals surface area (Å²) in [6.45, 7) is 9.95. The second kappa shape index (κ2) is 8.81. The number of ether oxygens (including phenoxy) is 1. The number of para-hydroxylation sites is 1. The molecule has 1 heterocycles. The van der Waals surface area contributed by atoms with Gasteiger partial charge in [-0.1, -0.05) is 31.2 Å². The van der Waals surface area contributed by atoms with Crippen molar-refractivity contribution >= 4 is 17.6 Å². The average molecular weight is 344 g/mol. The van der Waals surface area contributed by atoms with Gasteiger partial charge in [0.1, 0.15) is 5.54 Å².